The molecule has 1 aromatic carbocycles. The van der Waals surface area contributed by atoms with Gasteiger partial charge in [0.05, 0.1) is 14.2 Å². The lowest BCUT2D eigenvalue weighted by molar-refractivity contribution is 0.205. The second-order valence-corrected chi connectivity index (χ2v) is 6.09. The van der Waals surface area contributed by atoms with E-state index in [0.29, 0.717) is 12.0 Å². The molecule has 1 fully saturated rings. The Morgan fingerprint density at radius 3 is 2.50 bits per heavy atom. The first kappa shape index (κ1) is 17.1. The number of ether oxygens (including phenoxy) is 2. The van der Waals surface area contributed by atoms with Crippen LogP contribution in [0.1, 0.15) is 44.1 Å². The van der Waals surface area contributed by atoms with Gasteiger partial charge in [-0.3, -0.25) is 0 Å². The highest BCUT2D eigenvalue weighted by molar-refractivity contribution is 5.42. The third kappa shape index (κ3) is 4.62. The zero-order valence-corrected chi connectivity index (χ0v) is 13.8. The van der Waals surface area contributed by atoms with Crippen molar-refractivity contribution in [1.82, 2.24) is 5.32 Å². The van der Waals surface area contributed by atoms with E-state index in [-0.39, 0.29) is 6.61 Å². The van der Waals surface area contributed by atoms with Gasteiger partial charge in [-0.2, -0.15) is 0 Å². The molecule has 0 saturated heterocycles. The predicted octanol–water partition coefficient (Wildman–Crippen LogP) is 3.12. The summed E-state index contributed by atoms with van der Waals surface area (Å²) in [7, 11) is 3.31. The minimum Gasteiger partial charge on any atom is -0.493 e. The van der Waals surface area contributed by atoms with Crippen molar-refractivity contribution in [2.75, 3.05) is 20.8 Å². The zero-order valence-electron chi connectivity index (χ0n) is 13.8. The summed E-state index contributed by atoms with van der Waals surface area (Å²) in [6, 6.07) is 6.42. The fraction of sp³-hybridized carbons (Fsp3) is 0.667. The van der Waals surface area contributed by atoms with Crippen molar-refractivity contribution in [2.24, 2.45) is 5.92 Å². The van der Waals surface area contributed by atoms with Crippen LogP contribution in [-0.2, 0) is 6.54 Å². The molecule has 1 unspecified atom stereocenters. The van der Waals surface area contributed by atoms with Gasteiger partial charge < -0.3 is 19.9 Å². The minimum absolute atomic E-state index is 0.250. The van der Waals surface area contributed by atoms with E-state index < -0.39 is 0 Å². The largest absolute Gasteiger partial charge is 0.493 e. The number of methoxy groups -OCH3 is 2. The van der Waals surface area contributed by atoms with Gasteiger partial charge in [0.25, 0.3) is 0 Å². The molecular weight excluding hydrogens is 278 g/mol. The normalized spacial score (nSPS) is 17.2. The Balaban J connectivity index is 1.96. The molecule has 2 N–H and O–H groups in total. The molecule has 0 bridgehead atoms. The lowest BCUT2D eigenvalue weighted by Crippen LogP contribution is -2.37. The molecule has 0 radical (unpaired) electrons. The minimum atomic E-state index is 0.250. The number of benzene rings is 1. The van der Waals surface area contributed by atoms with Gasteiger partial charge in [-0.25, -0.2) is 0 Å². The van der Waals surface area contributed by atoms with Crippen molar-refractivity contribution in [2.45, 2.75) is 51.1 Å². The summed E-state index contributed by atoms with van der Waals surface area (Å²) < 4.78 is 10.6. The van der Waals surface area contributed by atoms with E-state index in [2.05, 4.69) is 11.4 Å². The van der Waals surface area contributed by atoms with Crippen LogP contribution in [0, 0.1) is 5.92 Å². The molecule has 4 nitrogen and oxygen atoms in total. The summed E-state index contributed by atoms with van der Waals surface area (Å²) in [6.07, 6.45) is 7.40. The molecule has 0 aromatic heterocycles. The summed E-state index contributed by atoms with van der Waals surface area (Å²) in [5.74, 6) is 2.21. The van der Waals surface area contributed by atoms with E-state index in [9.17, 15) is 5.11 Å². The van der Waals surface area contributed by atoms with Crippen LogP contribution < -0.4 is 14.8 Å². The maximum absolute atomic E-state index is 9.34. The predicted molar refractivity (Wildman–Crippen MR) is 88.5 cm³/mol. The summed E-state index contributed by atoms with van der Waals surface area (Å²) in [6.45, 7) is 1.04. The number of rotatable bonds is 8. The lowest BCUT2D eigenvalue weighted by atomic mass is 9.82. The summed E-state index contributed by atoms with van der Waals surface area (Å²) >= 11 is 0. The summed E-state index contributed by atoms with van der Waals surface area (Å²) in [4.78, 5) is 0. The molecule has 22 heavy (non-hydrogen) atoms. The fourth-order valence-electron chi connectivity index (χ4n) is 3.42. The molecule has 1 saturated carbocycles. The van der Waals surface area contributed by atoms with E-state index in [1.165, 1.54) is 37.7 Å². The van der Waals surface area contributed by atoms with E-state index in [1.54, 1.807) is 14.2 Å². The Labute approximate surface area is 133 Å². The standard InChI is InChI=1S/C18H29NO3/c1-21-17-9-8-14(12-18(17)22-2)13-19-16(10-11-20)15-6-4-3-5-7-15/h8-9,12,15-16,19-20H,3-7,10-11,13H2,1-2H3. The molecule has 0 aliphatic heterocycles. The van der Waals surface area contributed by atoms with E-state index in [0.717, 1.165) is 24.5 Å². The first-order valence-electron chi connectivity index (χ1n) is 8.33. The van der Waals surface area contributed by atoms with Gasteiger partial charge in [-0.05, 0) is 42.9 Å². The second kappa shape index (κ2) is 9.01. The van der Waals surface area contributed by atoms with Crippen LogP contribution in [0.4, 0.5) is 0 Å². The van der Waals surface area contributed by atoms with Crippen molar-refractivity contribution >= 4 is 0 Å². The quantitative estimate of drug-likeness (QED) is 0.775. The van der Waals surface area contributed by atoms with Gasteiger partial charge in [0, 0.05) is 19.2 Å². The van der Waals surface area contributed by atoms with Crippen LogP contribution >= 0.6 is 0 Å². The van der Waals surface area contributed by atoms with Gasteiger partial charge in [0.15, 0.2) is 11.5 Å². The van der Waals surface area contributed by atoms with Gasteiger partial charge >= 0.3 is 0 Å². The van der Waals surface area contributed by atoms with Crippen molar-refractivity contribution in [3.8, 4) is 11.5 Å². The van der Waals surface area contributed by atoms with E-state index >= 15 is 0 Å². The molecular formula is C18H29NO3. The van der Waals surface area contributed by atoms with E-state index in [4.69, 9.17) is 9.47 Å². The lowest BCUT2D eigenvalue weighted by Gasteiger charge is -2.31. The molecule has 4 heteroatoms. The maximum atomic E-state index is 9.34. The molecule has 124 valence electrons. The van der Waals surface area contributed by atoms with Crippen LogP contribution in [0.5, 0.6) is 11.5 Å². The van der Waals surface area contributed by atoms with Crippen LogP contribution in [0.2, 0.25) is 0 Å². The molecule has 1 aromatic rings. The number of aliphatic hydroxyl groups is 1. The average Bonchev–Trinajstić information content (AvgIpc) is 2.59. The second-order valence-electron chi connectivity index (χ2n) is 6.09. The third-order valence-electron chi connectivity index (χ3n) is 4.68. The number of aliphatic hydroxyl groups excluding tert-OH is 1. The van der Waals surface area contributed by atoms with Crippen LogP contribution in [-0.4, -0.2) is 32.0 Å². The molecule has 0 amide bonds. The first-order valence-corrected chi connectivity index (χ1v) is 8.33. The molecule has 0 heterocycles. The summed E-state index contributed by atoms with van der Waals surface area (Å²) in [5, 5.41) is 13.0. The fourth-order valence-corrected chi connectivity index (χ4v) is 3.42. The van der Waals surface area contributed by atoms with Gasteiger partial charge in [0.1, 0.15) is 0 Å². The van der Waals surface area contributed by atoms with Crippen LogP contribution in [0.25, 0.3) is 0 Å². The molecule has 1 aliphatic rings. The first-order chi connectivity index (χ1) is 10.8. The molecule has 0 spiro atoms. The third-order valence-corrected chi connectivity index (χ3v) is 4.68. The highest BCUT2D eigenvalue weighted by Gasteiger charge is 2.22. The Kier molecular flexibility index (Phi) is 7.00. The van der Waals surface area contributed by atoms with Gasteiger partial charge in [-0.1, -0.05) is 25.3 Å². The highest BCUT2D eigenvalue weighted by atomic mass is 16.5. The topological polar surface area (TPSA) is 50.7 Å². The molecule has 2 rings (SSSR count). The number of nitrogens with one attached hydrogen (secondary N) is 1. The number of hydrogen-bond donors (Lipinski definition) is 2. The number of hydrogen-bond acceptors (Lipinski definition) is 4. The van der Waals surface area contributed by atoms with Crippen LogP contribution in [0.15, 0.2) is 18.2 Å². The summed E-state index contributed by atoms with van der Waals surface area (Å²) in [5.41, 5.74) is 1.18. The monoisotopic (exact) mass is 307 g/mol. The average molecular weight is 307 g/mol. The van der Waals surface area contributed by atoms with Crippen molar-refractivity contribution in [1.29, 1.82) is 0 Å². The van der Waals surface area contributed by atoms with Gasteiger partial charge in [0.2, 0.25) is 0 Å². The van der Waals surface area contributed by atoms with Crippen LogP contribution in [0.3, 0.4) is 0 Å². The van der Waals surface area contributed by atoms with Crippen molar-refractivity contribution in [3.05, 3.63) is 23.8 Å². The van der Waals surface area contributed by atoms with Crippen molar-refractivity contribution < 1.29 is 14.6 Å². The van der Waals surface area contributed by atoms with Gasteiger partial charge in [-0.15, -0.1) is 0 Å². The Bertz CT molecular complexity index is 444. The highest BCUT2D eigenvalue weighted by Crippen LogP contribution is 2.29. The van der Waals surface area contributed by atoms with Crippen molar-refractivity contribution in [3.63, 3.8) is 0 Å². The Hall–Kier alpha value is -1.26. The molecule has 1 atom stereocenters. The smallest absolute Gasteiger partial charge is 0.161 e. The SMILES string of the molecule is COc1ccc(CNC(CCO)C2CCCCC2)cc1OC. The molecule has 1 aliphatic carbocycles. The Morgan fingerprint density at radius 2 is 1.86 bits per heavy atom. The van der Waals surface area contributed by atoms with E-state index in [1.807, 2.05) is 12.1 Å². The Morgan fingerprint density at radius 1 is 1.14 bits per heavy atom. The maximum Gasteiger partial charge on any atom is 0.161 e. The zero-order chi connectivity index (χ0) is 15.8.